The van der Waals surface area contributed by atoms with E-state index in [9.17, 15) is 4.79 Å². The lowest BCUT2D eigenvalue weighted by Crippen LogP contribution is -2.44. The monoisotopic (exact) mass is 158 g/mol. The number of ether oxygens (including phenoxy) is 1. The van der Waals surface area contributed by atoms with E-state index in [2.05, 4.69) is 10.1 Å². The van der Waals surface area contributed by atoms with Crippen molar-refractivity contribution >= 4 is 5.97 Å². The normalized spacial score (nSPS) is 19.5. The first-order chi connectivity index (χ1) is 5.27. The molecule has 0 aromatic rings. The molecule has 0 spiro atoms. The van der Waals surface area contributed by atoms with Crippen molar-refractivity contribution in [3.63, 3.8) is 0 Å². The van der Waals surface area contributed by atoms with E-state index >= 15 is 0 Å². The van der Waals surface area contributed by atoms with E-state index in [0.717, 1.165) is 12.8 Å². The van der Waals surface area contributed by atoms with E-state index in [1.807, 2.05) is 0 Å². The molecule has 0 amide bonds. The van der Waals surface area contributed by atoms with Crippen molar-refractivity contribution in [1.29, 1.82) is 0 Å². The number of hydrogen-bond acceptors (Lipinski definition) is 4. The summed E-state index contributed by atoms with van der Waals surface area (Å²) in [5, 5.41) is 3.09. The molecule has 3 N–H and O–H groups in total. The van der Waals surface area contributed by atoms with Gasteiger partial charge in [0, 0.05) is 12.6 Å². The smallest absolute Gasteiger partial charge is 0.324 e. The predicted octanol–water partition coefficient (Wildman–Crippen LogP) is -0.761. The number of esters is 1. The third kappa shape index (κ3) is 2.48. The highest BCUT2D eigenvalue weighted by Gasteiger charge is 2.27. The first-order valence-corrected chi connectivity index (χ1v) is 3.82. The predicted molar refractivity (Wildman–Crippen MR) is 41.0 cm³/mol. The van der Waals surface area contributed by atoms with Crippen molar-refractivity contribution in [2.75, 3.05) is 13.7 Å². The highest BCUT2D eigenvalue weighted by atomic mass is 16.5. The van der Waals surface area contributed by atoms with Gasteiger partial charge in [-0.15, -0.1) is 0 Å². The summed E-state index contributed by atoms with van der Waals surface area (Å²) in [6.07, 6.45) is 2.29. The van der Waals surface area contributed by atoms with E-state index in [-0.39, 0.29) is 12.0 Å². The van der Waals surface area contributed by atoms with Crippen LogP contribution in [0.4, 0.5) is 0 Å². The summed E-state index contributed by atoms with van der Waals surface area (Å²) < 4.78 is 4.55. The molecule has 1 aliphatic rings. The molecule has 4 nitrogen and oxygen atoms in total. The molecule has 0 saturated heterocycles. The van der Waals surface area contributed by atoms with E-state index in [1.54, 1.807) is 0 Å². The SMILES string of the molecule is COC(=O)C(CN)NC1CC1. The number of nitrogens with two attached hydrogens (primary N) is 1. The Balaban J connectivity index is 2.27. The van der Waals surface area contributed by atoms with Crippen LogP contribution in [0.5, 0.6) is 0 Å². The topological polar surface area (TPSA) is 64.3 Å². The van der Waals surface area contributed by atoms with Crippen molar-refractivity contribution in [2.24, 2.45) is 5.73 Å². The Morgan fingerprint density at radius 1 is 1.82 bits per heavy atom. The highest BCUT2D eigenvalue weighted by Crippen LogP contribution is 2.19. The van der Waals surface area contributed by atoms with Gasteiger partial charge in [-0.05, 0) is 12.8 Å². The minimum absolute atomic E-state index is 0.264. The molecule has 1 aliphatic carbocycles. The molecular formula is C7H14N2O2. The second kappa shape index (κ2) is 3.69. The van der Waals surface area contributed by atoms with Gasteiger partial charge in [0.15, 0.2) is 0 Å². The van der Waals surface area contributed by atoms with Crippen molar-refractivity contribution in [3.8, 4) is 0 Å². The van der Waals surface area contributed by atoms with Gasteiger partial charge in [0.2, 0.25) is 0 Å². The van der Waals surface area contributed by atoms with Crippen molar-refractivity contribution < 1.29 is 9.53 Å². The van der Waals surface area contributed by atoms with Crippen LogP contribution < -0.4 is 11.1 Å². The molecule has 4 heteroatoms. The highest BCUT2D eigenvalue weighted by molar-refractivity contribution is 5.76. The van der Waals surface area contributed by atoms with Crippen molar-refractivity contribution in [3.05, 3.63) is 0 Å². The molecular weight excluding hydrogens is 144 g/mol. The molecule has 1 saturated carbocycles. The van der Waals surface area contributed by atoms with E-state index in [1.165, 1.54) is 7.11 Å². The van der Waals surface area contributed by atoms with Gasteiger partial charge in [-0.25, -0.2) is 0 Å². The summed E-state index contributed by atoms with van der Waals surface area (Å²) in [5.41, 5.74) is 5.36. The van der Waals surface area contributed by atoms with Crippen LogP contribution in [0.1, 0.15) is 12.8 Å². The van der Waals surface area contributed by atoms with Crippen LogP contribution in [0.3, 0.4) is 0 Å². The molecule has 0 aromatic carbocycles. The summed E-state index contributed by atoms with van der Waals surface area (Å²) in [4.78, 5) is 10.9. The van der Waals surface area contributed by atoms with Crippen molar-refractivity contribution in [2.45, 2.75) is 24.9 Å². The fraction of sp³-hybridized carbons (Fsp3) is 0.857. The largest absolute Gasteiger partial charge is 0.468 e. The summed E-state index contributed by atoms with van der Waals surface area (Å²) in [5.74, 6) is -0.264. The number of carbonyl (C=O) groups excluding carboxylic acids is 1. The van der Waals surface area contributed by atoms with Gasteiger partial charge in [-0.2, -0.15) is 0 Å². The molecule has 0 aliphatic heterocycles. The lowest BCUT2D eigenvalue weighted by Gasteiger charge is -2.12. The summed E-state index contributed by atoms with van der Waals surface area (Å²) >= 11 is 0. The molecule has 0 radical (unpaired) electrons. The summed E-state index contributed by atoms with van der Waals surface area (Å²) in [7, 11) is 1.37. The first-order valence-electron chi connectivity index (χ1n) is 3.82. The zero-order chi connectivity index (χ0) is 8.27. The third-order valence-electron chi connectivity index (χ3n) is 1.74. The van der Waals surface area contributed by atoms with Gasteiger partial charge in [0.05, 0.1) is 7.11 Å². The molecule has 11 heavy (non-hydrogen) atoms. The summed E-state index contributed by atoms with van der Waals surface area (Å²) in [6, 6.07) is 0.176. The van der Waals surface area contributed by atoms with Crippen LogP contribution in [-0.4, -0.2) is 31.7 Å². The Morgan fingerprint density at radius 2 is 2.45 bits per heavy atom. The average molecular weight is 158 g/mol. The lowest BCUT2D eigenvalue weighted by atomic mass is 10.3. The average Bonchev–Trinajstić information content (AvgIpc) is 2.82. The fourth-order valence-corrected chi connectivity index (χ4v) is 0.909. The molecule has 1 atom stereocenters. The second-order valence-electron chi connectivity index (χ2n) is 2.75. The van der Waals surface area contributed by atoms with Crippen LogP contribution in [0.25, 0.3) is 0 Å². The lowest BCUT2D eigenvalue weighted by molar-refractivity contribution is -0.142. The molecule has 1 fully saturated rings. The Kier molecular flexibility index (Phi) is 2.84. The van der Waals surface area contributed by atoms with Gasteiger partial charge >= 0.3 is 5.97 Å². The molecule has 64 valence electrons. The molecule has 1 rings (SSSR count). The Hall–Kier alpha value is -0.610. The minimum atomic E-state index is -0.313. The standard InChI is InChI=1S/C7H14N2O2/c1-11-7(10)6(4-8)9-5-2-3-5/h5-6,9H,2-4,8H2,1H3. The quantitative estimate of drug-likeness (QED) is 0.528. The van der Waals surface area contributed by atoms with E-state index in [4.69, 9.17) is 5.73 Å². The van der Waals surface area contributed by atoms with E-state index < -0.39 is 0 Å². The maximum absolute atomic E-state index is 10.9. The van der Waals surface area contributed by atoms with Gasteiger partial charge in [0.1, 0.15) is 6.04 Å². The molecule has 1 unspecified atom stereocenters. The van der Waals surface area contributed by atoms with Crippen LogP contribution in [0.2, 0.25) is 0 Å². The fourth-order valence-electron chi connectivity index (χ4n) is 0.909. The zero-order valence-electron chi connectivity index (χ0n) is 6.67. The van der Waals surface area contributed by atoms with Crippen LogP contribution in [0, 0.1) is 0 Å². The maximum atomic E-state index is 10.9. The third-order valence-corrected chi connectivity index (χ3v) is 1.74. The Labute approximate surface area is 66.1 Å². The van der Waals surface area contributed by atoms with Crippen LogP contribution in [0.15, 0.2) is 0 Å². The second-order valence-corrected chi connectivity index (χ2v) is 2.75. The Bertz CT molecular complexity index is 145. The van der Waals surface area contributed by atoms with Gasteiger partial charge in [0.25, 0.3) is 0 Å². The van der Waals surface area contributed by atoms with Gasteiger partial charge in [-0.1, -0.05) is 0 Å². The van der Waals surface area contributed by atoms with Gasteiger partial charge in [-0.3, -0.25) is 4.79 Å². The number of nitrogens with one attached hydrogen (secondary N) is 1. The molecule has 0 heterocycles. The Morgan fingerprint density at radius 3 is 2.82 bits per heavy atom. The number of hydrogen-bond donors (Lipinski definition) is 2. The molecule has 0 bridgehead atoms. The van der Waals surface area contributed by atoms with Crippen molar-refractivity contribution in [1.82, 2.24) is 5.32 Å². The van der Waals surface area contributed by atoms with Crippen LogP contribution >= 0.6 is 0 Å². The number of rotatable bonds is 4. The maximum Gasteiger partial charge on any atom is 0.324 e. The zero-order valence-corrected chi connectivity index (χ0v) is 6.67. The number of methoxy groups -OCH3 is 1. The number of carbonyl (C=O) groups is 1. The summed E-state index contributed by atoms with van der Waals surface area (Å²) in [6.45, 7) is 0.309. The molecule has 0 aromatic heterocycles. The first kappa shape index (κ1) is 8.49. The van der Waals surface area contributed by atoms with E-state index in [0.29, 0.717) is 12.6 Å². The van der Waals surface area contributed by atoms with Gasteiger partial charge < -0.3 is 15.8 Å². The van der Waals surface area contributed by atoms with Crippen LogP contribution in [-0.2, 0) is 9.53 Å². The minimum Gasteiger partial charge on any atom is -0.468 e.